The van der Waals surface area contributed by atoms with Gasteiger partial charge in [0.2, 0.25) is 5.91 Å². The van der Waals surface area contributed by atoms with Crippen LogP contribution in [0.2, 0.25) is 0 Å². The van der Waals surface area contributed by atoms with Gasteiger partial charge < -0.3 is 15.4 Å². The van der Waals surface area contributed by atoms with Crippen molar-refractivity contribution in [3.8, 4) is 0 Å². The summed E-state index contributed by atoms with van der Waals surface area (Å²) in [5, 5.41) is 0. The molecule has 2 atom stereocenters. The van der Waals surface area contributed by atoms with Gasteiger partial charge in [0, 0.05) is 13.7 Å². The fourth-order valence-electron chi connectivity index (χ4n) is 3.44. The van der Waals surface area contributed by atoms with Crippen LogP contribution in [0.5, 0.6) is 0 Å². The highest BCUT2D eigenvalue weighted by atomic mass is 35.5. The molecule has 2 aromatic carbocycles. The molecule has 0 fully saturated rings. The molecule has 0 saturated carbocycles. The van der Waals surface area contributed by atoms with Gasteiger partial charge in [-0.1, -0.05) is 54.6 Å². The largest absolute Gasteiger partial charge is 0.383 e. The fourth-order valence-corrected chi connectivity index (χ4v) is 3.44. The predicted molar refractivity (Wildman–Crippen MR) is 102 cm³/mol. The van der Waals surface area contributed by atoms with Gasteiger partial charge in [-0.3, -0.25) is 4.79 Å². The van der Waals surface area contributed by atoms with E-state index >= 15 is 0 Å². The second-order valence-electron chi connectivity index (χ2n) is 6.25. The van der Waals surface area contributed by atoms with Crippen molar-refractivity contribution in [1.29, 1.82) is 0 Å². The quantitative estimate of drug-likeness (QED) is 0.892. The standard InChI is InChI=1S/C20H24N2O2.ClH/c1-24-14-18(21)20(23)22-12-11-16-9-5-6-10-17(16)19(22)13-15-7-3-2-4-8-15;/h2-10,18-19H,11-14,21H2,1H3;1H. The van der Waals surface area contributed by atoms with E-state index < -0.39 is 6.04 Å². The van der Waals surface area contributed by atoms with Crippen molar-refractivity contribution in [1.82, 2.24) is 4.90 Å². The highest BCUT2D eigenvalue weighted by Gasteiger charge is 2.33. The van der Waals surface area contributed by atoms with Gasteiger partial charge >= 0.3 is 0 Å². The minimum atomic E-state index is -0.612. The number of ether oxygens (including phenoxy) is 1. The Morgan fingerprint density at radius 2 is 1.88 bits per heavy atom. The number of halogens is 1. The smallest absolute Gasteiger partial charge is 0.242 e. The van der Waals surface area contributed by atoms with E-state index in [-0.39, 0.29) is 31.0 Å². The normalized spacial score (nSPS) is 17.4. The molecule has 0 aliphatic carbocycles. The zero-order valence-electron chi connectivity index (χ0n) is 14.4. The van der Waals surface area contributed by atoms with Crippen molar-refractivity contribution in [3.63, 3.8) is 0 Å². The number of hydrogen-bond acceptors (Lipinski definition) is 3. The molecule has 0 saturated heterocycles. The Balaban J connectivity index is 0.00000225. The number of benzene rings is 2. The number of carbonyl (C=O) groups excluding carboxylic acids is 1. The Kier molecular flexibility index (Phi) is 7.00. The van der Waals surface area contributed by atoms with Crippen LogP contribution in [0.15, 0.2) is 54.6 Å². The van der Waals surface area contributed by atoms with Crippen LogP contribution in [0.3, 0.4) is 0 Å². The Labute approximate surface area is 155 Å². The molecule has 134 valence electrons. The first kappa shape index (κ1) is 19.4. The maximum Gasteiger partial charge on any atom is 0.242 e. The predicted octanol–water partition coefficient (Wildman–Crippen LogP) is 2.75. The summed E-state index contributed by atoms with van der Waals surface area (Å²) >= 11 is 0. The fraction of sp³-hybridized carbons (Fsp3) is 0.350. The molecule has 1 aliphatic heterocycles. The summed E-state index contributed by atoms with van der Waals surface area (Å²) in [5.74, 6) is -0.0349. The first-order valence-corrected chi connectivity index (χ1v) is 8.37. The molecule has 0 radical (unpaired) electrons. The first-order chi connectivity index (χ1) is 11.7. The second kappa shape index (κ2) is 8.99. The molecule has 1 amide bonds. The van der Waals surface area contributed by atoms with Crippen LogP contribution < -0.4 is 5.73 Å². The molecule has 5 heteroatoms. The summed E-state index contributed by atoms with van der Waals surface area (Å²) in [7, 11) is 1.57. The van der Waals surface area contributed by atoms with Crippen LogP contribution in [0.4, 0.5) is 0 Å². The Bertz CT molecular complexity index is 693. The molecule has 2 aromatic rings. The van der Waals surface area contributed by atoms with Crippen molar-refractivity contribution in [3.05, 3.63) is 71.3 Å². The van der Waals surface area contributed by atoms with E-state index in [1.165, 1.54) is 16.7 Å². The Morgan fingerprint density at radius 1 is 1.20 bits per heavy atom. The van der Waals surface area contributed by atoms with E-state index in [1.54, 1.807) is 7.11 Å². The molecule has 25 heavy (non-hydrogen) atoms. The SMILES string of the molecule is COCC(N)C(=O)N1CCc2ccccc2C1Cc1ccccc1.Cl. The number of amides is 1. The van der Waals surface area contributed by atoms with Gasteiger partial charge in [-0.05, 0) is 29.5 Å². The maximum atomic E-state index is 12.8. The first-order valence-electron chi connectivity index (χ1n) is 8.37. The van der Waals surface area contributed by atoms with Gasteiger partial charge in [0.25, 0.3) is 0 Å². The molecule has 0 spiro atoms. The molecular weight excluding hydrogens is 336 g/mol. The van der Waals surface area contributed by atoms with Gasteiger partial charge in [0.1, 0.15) is 6.04 Å². The third-order valence-electron chi connectivity index (χ3n) is 4.63. The minimum Gasteiger partial charge on any atom is -0.383 e. The molecule has 0 bridgehead atoms. The van der Waals surface area contributed by atoms with E-state index in [9.17, 15) is 4.79 Å². The van der Waals surface area contributed by atoms with E-state index in [0.717, 1.165) is 12.8 Å². The van der Waals surface area contributed by atoms with Crippen LogP contribution in [0, 0.1) is 0 Å². The van der Waals surface area contributed by atoms with Crippen molar-refractivity contribution in [2.45, 2.75) is 24.9 Å². The third-order valence-corrected chi connectivity index (χ3v) is 4.63. The van der Waals surface area contributed by atoms with Gasteiger partial charge in [-0.25, -0.2) is 0 Å². The van der Waals surface area contributed by atoms with Crippen molar-refractivity contribution >= 4 is 18.3 Å². The van der Waals surface area contributed by atoms with Crippen LogP contribution in [0.25, 0.3) is 0 Å². The van der Waals surface area contributed by atoms with Crippen molar-refractivity contribution < 1.29 is 9.53 Å². The van der Waals surface area contributed by atoms with Crippen molar-refractivity contribution in [2.24, 2.45) is 5.73 Å². The molecule has 2 unspecified atom stereocenters. The van der Waals surface area contributed by atoms with Gasteiger partial charge in [-0.2, -0.15) is 0 Å². The van der Waals surface area contributed by atoms with Crippen LogP contribution in [-0.2, 0) is 22.4 Å². The summed E-state index contributed by atoms with van der Waals surface area (Å²) in [6.07, 6.45) is 1.66. The van der Waals surface area contributed by atoms with Crippen molar-refractivity contribution in [2.75, 3.05) is 20.3 Å². The molecule has 4 nitrogen and oxygen atoms in total. The number of nitrogens with two attached hydrogens (primary N) is 1. The third kappa shape index (κ3) is 4.40. The summed E-state index contributed by atoms with van der Waals surface area (Å²) < 4.78 is 5.07. The zero-order valence-corrected chi connectivity index (χ0v) is 15.2. The average Bonchev–Trinajstić information content (AvgIpc) is 2.62. The molecule has 0 aromatic heterocycles. The lowest BCUT2D eigenvalue weighted by molar-refractivity contribution is -0.136. The van der Waals surface area contributed by atoms with Crippen LogP contribution in [0.1, 0.15) is 22.7 Å². The van der Waals surface area contributed by atoms with Gasteiger partial charge in [-0.15, -0.1) is 12.4 Å². The topological polar surface area (TPSA) is 55.6 Å². The lowest BCUT2D eigenvalue weighted by atomic mass is 9.88. The zero-order chi connectivity index (χ0) is 16.9. The Morgan fingerprint density at radius 3 is 2.60 bits per heavy atom. The highest BCUT2D eigenvalue weighted by molar-refractivity contribution is 5.85. The van der Waals surface area contributed by atoms with E-state index in [4.69, 9.17) is 10.5 Å². The molecule has 3 rings (SSSR count). The van der Waals surface area contributed by atoms with E-state index in [1.807, 2.05) is 29.2 Å². The van der Waals surface area contributed by atoms with Gasteiger partial charge in [0.05, 0.1) is 12.6 Å². The lowest BCUT2D eigenvalue weighted by Gasteiger charge is -2.39. The summed E-state index contributed by atoms with van der Waals surface area (Å²) in [6.45, 7) is 0.944. The molecule has 2 N–H and O–H groups in total. The number of methoxy groups -OCH3 is 1. The lowest BCUT2D eigenvalue weighted by Crippen LogP contribution is -2.50. The number of carbonyl (C=O) groups is 1. The molecule has 1 aliphatic rings. The summed E-state index contributed by atoms with van der Waals surface area (Å²) in [4.78, 5) is 14.7. The minimum absolute atomic E-state index is 0. The van der Waals surface area contributed by atoms with Gasteiger partial charge in [0.15, 0.2) is 0 Å². The molecular formula is C20H25ClN2O2. The molecule has 1 heterocycles. The number of nitrogens with zero attached hydrogens (tertiary/aromatic N) is 1. The summed E-state index contributed by atoms with van der Waals surface area (Å²) in [5.41, 5.74) is 9.79. The Hall–Kier alpha value is -1.88. The number of fused-ring (bicyclic) bond motifs is 1. The monoisotopic (exact) mass is 360 g/mol. The van der Waals surface area contributed by atoms with Crippen LogP contribution in [-0.4, -0.2) is 37.1 Å². The number of hydrogen-bond donors (Lipinski definition) is 1. The van der Waals surface area contributed by atoms with Crippen LogP contribution >= 0.6 is 12.4 Å². The number of rotatable bonds is 5. The van der Waals surface area contributed by atoms with E-state index in [2.05, 4.69) is 30.3 Å². The second-order valence-corrected chi connectivity index (χ2v) is 6.25. The average molecular weight is 361 g/mol. The maximum absolute atomic E-state index is 12.8. The van der Waals surface area contributed by atoms with E-state index in [0.29, 0.717) is 6.54 Å². The highest BCUT2D eigenvalue weighted by Crippen LogP contribution is 2.32. The summed E-state index contributed by atoms with van der Waals surface area (Å²) in [6, 6.07) is 18.1.